The van der Waals surface area contributed by atoms with Crippen LogP contribution in [0.3, 0.4) is 0 Å². The van der Waals surface area contributed by atoms with Crippen molar-refractivity contribution in [2.24, 2.45) is 40.2 Å². The van der Waals surface area contributed by atoms with Gasteiger partial charge >= 0.3 is 6.09 Å². The maximum atomic E-state index is 14.0. The number of amides is 4. The van der Waals surface area contributed by atoms with Crippen molar-refractivity contribution in [2.75, 3.05) is 6.54 Å². The van der Waals surface area contributed by atoms with Crippen molar-refractivity contribution in [2.45, 2.75) is 104 Å². The maximum absolute atomic E-state index is 14.0. The van der Waals surface area contributed by atoms with Gasteiger partial charge in [0.15, 0.2) is 0 Å². The summed E-state index contributed by atoms with van der Waals surface area (Å²) in [5.41, 5.74) is 4.48. The number of rotatable bonds is 9. The van der Waals surface area contributed by atoms with Gasteiger partial charge in [-0.05, 0) is 60.2 Å². The van der Waals surface area contributed by atoms with Gasteiger partial charge in [-0.2, -0.15) is 0 Å². The third-order valence-corrected chi connectivity index (χ3v) is 9.32. The quantitative estimate of drug-likeness (QED) is 0.388. The van der Waals surface area contributed by atoms with Crippen molar-refractivity contribution in [3.05, 3.63) is 0 Å². The molecule has 1 heterocycles. The number of primary amides is 1. The highest BCUT2D eigenvalue weighted by Gasteiger charge is 2.70. The molecule has 10 heteroatoms. The van der Waals surface area contributed by atoms with E-state index in [0.29, 0.717) is 13.0 Å². The van der Waals surface area contributed by atoms with E-state index < -0.39 is 47.2 Å². The number of piperidine rings is 1. The molecule has 38 heavy (non-hydrogen) atoms. The Hall–Kier alpha value is -2.65. The lowest BCUT2D eigenvalue weighted by Crippen LogP contribution is -2.60. The highest BCUT2D eigenvalue weighted by molar-refractivity contribution is 6.37. The Bertz CT molecular complexity index is 1000. The van der Waals surface area contributed by atoms with E-state index in [4.69, 9.17) is 10.5 Å². The Morgan fingerprint density at radius 2 is 1.71 bits per heavy atom. The molecule has 0 aromatic carbocycles. The third kappa shape index (κ3) is 5.69. The number of hydrogen-bond donors (Lipinski definition) is 3. The van der Waals surface area contributed by atoms with E-state index in [1.807, 2.05) is 20.8 Å². The average Bonchev–Trinajstić information content (AvgIpc) is 3.58. The number of carbonyl (C=O) groups excluding carboxylic acids is 5. The molecule has 3 aliphatic carbocycles. The van der Waals surface area contributed by atoms with Crippen LogP contribution in [0.5, 0.6) is 0 Å². The molecule has 1 saturated heterocycles. The van der Waals surface area contributed by atoms with Crippen molar-refractivity contribution in [3.8, 4) is 0 Å². The third-order valence-electron chi connectivity index (χ3n) is 9.32. The highest BCUT2D eigenvalue weighted by atomic mass is 16.6. The minimum absolute atomic E-state index is 0.0800. The van der Waals surface area contributed by atoms with Crippen molar-refractivity contribution >= 4 is 29.6 Å². The van der Waals surface area contributed by atoms with E-state index in [1.54, 1.807) is 4.90 Å². The van der Waals surface area contributed by atoms with Gasteiger partial charge in [0, 0.05) is 6.54 Å². The van der Waals surface area contributed by atoms with Crippen molar-refractivity contribution in [1.82, 2.24) is 15.5 Å². The second-order valence-corrected chi connectivity index (χ2v) is 13.7. The summed E-state index contributed by atoms with van der Waals surface area (Å²) in [5, 5.41) is 5.57. The molecule has 0 bridgehead atoms. The maximum Gasteiger partial charge on any atom is 0.408 e. The number of ketones is 1. The average molecular weight is 533 g/mol. The fraction of sp³-hybridized carbons (Fsp3) is 0.821. The molecule has 4 amide bonds. The first-order valence-electron chi connectivity index (χ1n) is 14.0. The summed E-state index contributed by atoms with van der Waals surface area (Å²) >= 11 is 0. The largest absolute Gasteiger partial charge is 0.446 e. The molecule has 1 aliphatic heterocycles. The number of likely N-dealkylation sites (tertiary alicyclic amines) is 1. The van der Waals surface area contributed by atoms with Gasteiger partial charge in [0.25, 0.3) is 5.91 Å². The van der Waals surface area contributed by atoms with Crippen LogP contribution in [0, 0.1) is 34.5 Å². The molecule has 7 atom stereocenters. The molecule has 3 saturated carbocycles. The molecule has 4 aliphatic rings. The zero-order valence-corrected chi connectivity index (χ0v) is 23.5. The number of nitrogens with one attached hydrogen (secondary N) is 2. The molecule has 0 radical (unpaired) electrons. The minimum Gasteiger partial charge on any atom is -0.446 e. The zero-order chi connectivity index (χ0) is 28.2. The molecular weight excluding hydrogens is 488 g/mol. The fourth-order valence-corrected chi connectivity index (χ4v) is 6.55. The smallest absolute Gasteiger partial charge is 0.408 e. The van der Waals surface area contributed by atoms with E-state index in [2.05, 4.69) is 31.4 Å². The first kappa shape index (κ1) is 28.4. The Balaban J connectivity index is 1.51. The Morgan fingerprint density at radius 3 is 2.24 bits per heavy atom. The van der Waals surface area contributed by atoms with Crippen LogP contribution in [0.4, 0.5) is 4.79 Å². The van der Waals surface area contributed by atoms with Crippen molar-refractivity contribution in [1.29, 1.82) is 0 Å². The van der Waals surface area contributed by atoms with E-state index in [-0.39, 0.29) is 41.1 Å². The van der Waals surface area contributed by atoms with Gasteiger partial charge in [-0.15, -0.1) is 0 Å². The summed E-state index contributed by atoms with van der Waals surface area (Å²) in [5.74, 6) is -2.09. The minimum atomic E-state index is -1.08. The first-order valence-corrected chi connectivity index (χ1v) is 14.0. The summed E-state index contributed by atoms with van der Waals surface area (Å²) in [6.07, 6.45) is 4.27. The number of hydrogen-bond acceptors (Lipinski definition) is 6. The number of Topliss-reactive ketones (excluding diaryl/α,β-unsaturated/α-hetero) is 1. The number of ether oxygens (including phenoxy) is 1. The van der Waals surface area contributed by atoms with E-state index in [1.165, 1.54) is 0 Å². The van der Waals surface area contributed by atoms with Crippen LogP contribution in [0.25, 0.3) is 0 Å². The van der Waals surface area contributed by atoms with Gasteiger partial charge in [-0.3, -0.25) is 19.2 Å². The number of alkyl carbamates (subject to hydrolysis) is 1. The topological polar surface area (TPSA) is 148 Å². The van der Waals surface area contributed by atoms with Crippen LogP contribution in [-0.2, 0) is 23.9 Å². The molecule has 4 fully saturated rings. The molecule has 4 rings (SSSR count). The van der Waals surface area contributed by atoms with E-state index in [0.717, 1.165) is 32.1 Å². The SMILES string of the molecule is CC1CCC[C@@H]1OC(=O)N[C@H](C(=O)N1C[C@H]2[C@@H]([C@H]1C(=O)NC(CC1CC1)C(=O)C(N)=O)C2(C)C)C(C)(C)C. The van der Waals surface area contributed by atoms with Gasteiger partial charge in [0.1, 0.15) is 18.2 Å². The summed E-state index contributed by atoms with van der Waals surface area (Å²) in [6, 6.07) is -2.70. The van der Waals surface area contributed by atoms with Crippen LogP contribution in [0.1, 0.15) is 80.1 Å². The molecule has 2 unspecified atom stereocenters. The number of fused-ring (bicyclic) bond motifs is 1. The number of carbonyl (C=O) groups is 5. The second kappa shape index (κ2) is 10.2. The predicted octanol–water partition coefficient (Wildman–Crippen LogP) is 2.14. The zero-order valence-electron chi connectivity index (χ0n) is 23.5. The Labute approximate surface area is 225 Å². The van der Waals surface area contributed by atoms with Crippen LogP contribution < -0.4 is 16.4 Å². The fourth-order valence-electron chi connectivity index (χ4n) is 6.55. The highest BCUT2D eigenvalue weighted by Crippen LogP contribution is 2.65. The van der Waals surface area contributed by atoms with Gasteiger partial charge in [0.05, 0.1) is 6.04 Å². The lowest BCUT2D eigenvalue weighted by atomic mass is 9.85. The molecular formula is C28H44N4O6. The molecule has 4 N–H and O–H groups in total. The van der Waals surface area contributed by atoms with Gasteiger partial charge in [0.2, 0.25) is 17.6 Å². The number of nitrogens with two attached hydrogens (primary N) is 1. The van der Waals surface area contributed by atoms with Gasteiger partial charge in [-0.1, -0.05) is 54.4 Å². The van der Waals surface area contributed by atoms with Crippen LogP contribution in [-0.4, -0.2) is 65.3 Å². The molecule has 10 nitrogen and oxygen atoms in total. The molecule has 0 aromatic heterocycles. The summed E-state index contributed by atoms with van der Waals surface area (Å²) in [7, 11) is 0. The Kier molecular flexibility index (Phi) is 7.58. The van der Waals surface area contributed by atoms with E-state index in [9.17, 15) is 24.0 Å². The summed E-state index contributed by atoms with van der Waals surface area (Å²) in [6.45, 7) is 12.2. The monoisotopic (exact) mass is 532 g/mol. The van der Waals surface area contributed by atoms with Crippen LogP contribution in [0.2, 0.25) is 0 Å². The van der Waals surface area contributed by atoms with Gasteiger partial charge < -0.3 is 26.0 Å². The van der Waals surface area contributed by atoms with E-state index >= 15 is 0 Å². The molecule has 0 spiro atoms. The lowest BCUT2D eigenvalue weighted by molar-refractivity contribution is -0.145. The predicted molar refractivity (Wildman–Crippen MR) is 139 cm³/mol. The molecule has 0 aromatic rings. The summed E-state index contributed by atoms with van der Waals surface area (Å²) in [4.78, 5) is 66.2. The van der Waals surface area contributed by atoms with Crippen molar-refractivity contribution in [3.63, 3.8) is 0 Å². The normalized spacial score (nSPS) is 31.1. The van der Waals surface area contributed by atoms with Crippen molar-refractivity contribution < 1.29 is 28.7 Å². The Morgan fingerprint density at radius 1 is 1.05 bits per heavy atom. The summed E-state index contributed by atoms with van der Waals surface area (Å²) < 4.78 is 5.66. The second-order valence-electron chi connectivity index (χ2n) is 13.7. The lowest BCUT2D eigenvalue weighted by Gasteiger charge is -2.38. The van der Waals surface area contributed by atoms with Crippen LogP contribution >= 0.6 is 0 Å². The standard InChI is InChI=1S/C28H44N4O6/c1-14-8-7-9-18(14)38-26(37)31-22(27(2,3)4)25(36)32-13-16-19(28(16,5)6)20(32)24(35)30-17(12-15-10-11-15)21(33)23(29)34/h14-20,22H,7-13H2,1-6H3,(H2,29,34)(H,30,35)(H,31,37)/t14?,16-,17?,18-,19-,20-,22+/m0/s1. The first-order chi connectivity index (χ1) is 17.6. The molecule has 212 valence electrons. The van der Waals surface area contributed by atoms with Gasteiger partial charge in [-0.25, -0.2) is 4.79 Å². The number of nitrogens with zero attached hydrogens (tertiary/aromatic N) is 1. The van der Waals surface area contributed by atoms with Crippen LogP contribution in [0.15, 0.2) is 0 Å².